The molecule has 200 valence electrons. The Labute approximate surface area is 223 Å². The Morgan fingerprint density at radius 1 is 1.11 bits per heavy atom. The molecule has 0 atom stereocenters. The number of ether oxygens (including phenoxy) is 2. The van der Waals surface area contributed by atoms with E-state index in [0.29, 0.717) is 24.2 Å². The minimum Gasteiger partial charge on any atom is -0.497 e. The van der Waals surface area contributed by atoms with Crippen molar-refractivity contribution in [2.24, 2.45) is 0 Å². The zero-order chi connectivity index (χ0) is 27.2. The molecular weight excluding hydrogens is 480 g/mol. The summed E-state index contributed by atoms with van der Waals surface area (Å²) in [6.07, 6.45) is 5.96. The second kappa shape index (κ2) is 9.57. The highest BCUT2D eigenvalue weighted by atomic mass is 16.6. The predicted molar refractivity (Wildman–Crippen MR) is 145 cm³/mol. The third-order valence-electron chi connectivity index (χ3n) is 7.53. The molecule has 8 heteroatoms. The number of imide groups is 1. The first-order valence-electron chi connectivity index (χ1n) is 13.5. The molecule has 1 spiro atoms. The average Bonchev–Trinajstić information content (AvgIpc) is 3.26. The number of methoxy groups -OCH3 is 1. The fourth-order valence-electron chi connectivity index (χ4n) is 5.69. The summed E-state index contributed by atoms with van der Waals surface area (Å²) >= 11 is 0. The molecule has 1 aromatic carbocycles. The Hall–Kier alpha value is -3.68. The number of H-pyrrole nitrogens is 1. The van der Waals surface area contributed by atoms with Crippen LogP contribution in [0, 0.1) is 0 Å². The summed E-state index contributed by atoms with van der Waals surface area (Å²) in [7, 11) is 1.64. The van der Waals surface area contributed by atoms with Crippen LogP contribution in [0.3, 0.4) is 0 Å². The maximum absolute atomic E-state index is 13.9. The molecular formula is C30H36N4O4. The number of nitrogens with one attached hydrogen (secondary N) is 1. The van der Waals surface area contributed by atoms with Gasteiger partial charge in [0.2, 0.25) is 0 Å². The lowest BCUT2D eigenvalue weighted by Gasteiger charge is -2.51. The molecule has 2 aromatic heterocycles. The molecule has 3 aliphatic rings. The number of hydrogen-bond acceptors (Lipinski definition) is 6. The Bertz CT molecular complexity index is 1380. The van der Waals surface area contributed by atoms with Gasteiger partial charge in [-0.15, -0.1) is 0 Å². The van der Waals surface area contributed by atoms with Crippen molar-refractivity contribution in [3.63, 3.8) is 0 Å². The van der Waals surface area contributed by atoms with Crippen LogP contribution in [0.25, 0.3) is 22.8 Å². The highest BCUT2D eigenvalue weighted by molar-refractivity contribution is 6.08. The van der Waals surface area contributed by atoms with E-state index in [-0.39, 0.29) is 5.91 Å². The minimum atomic E-state index is -0.673. The zero-order valence-corrected chi connectivity index (χ0v) is 23.1. The second-order valence-corrected chi connectivity index (χ2v) is 11.0. The van der Waals surface area contributed by atoms with Gasteiger partial charge in [0, 0.05) is 23.9 Å². The van der Waals surface area contributed by atoms with Crippen molar-refractivity contribution in [1.29, 1.82) is 0 Å². The van der Waals surface area contributed by atoms with Gasteiger partial charge < -0.3 is 14.5 Å². The quantitative estimate of drug-likeness (QED) is 0.440. The molecule has 1 aliphatic heterocycles. The van der Waals surface area contributed by atoms with Gasteiger partial charge in [-0.05, 0) is 88.3 Å². The standard InChI is InChI=1S/C28H30N4O4.C2H6/c1-27(2,3)36-26(34)32-25(33)21-19-11-8-17-15-29-24(16-6-9-18(35-4)10-7-16)31-22(17)23(19)30-20(21)14-28(32)12-5-13-28;1-2/h6-7,9-10,15,30H,5,8,11-14H2,1-4H3;1-2H3. The Morgan fingerprint density at radius 3 is 2.42 bits per heavy atom. The number of aromatic amines is 1. The van der Waals surface area contributed by atoms with E-state index in [4.69, 9.17) is 14.5 Å². The second-order valence-electron chi connectivity index (χ2n) is 11.0. The molecule has 1 N–H and O–H groups in total. The number of rotatable bonds is 2. The van der Waals surface area contributed by atoms with Crippen LogP contribution in [-0.2, 0) is 24.0 Å². The monoisotopic (exact) mass is 516 g/mol. The molecule has 3 heterocycles. The van der Waals surface area contributed by atoms with Crippen molar-refractivity contribution < 1.29 is 19.1 Å². The van der Waals surface area contributed by atoms with Gasteiger partial charge >= 0.3 is 6.09 Å². The first-order valence-corrected chi connectivity index (χ1v) is 13.5. The number of aryl methyl sites for hydroxylation is 1. The van der Waals surface area contributed by atoms with Crippen molar-refractivity contribution in [1.82, 2.24) is 19.9 Å². The van der Waals surface area contributed by atoms with Crippen molar-refractivity contribution in [2.75, 3.05) is 7.11 Å². The molecule has 1 saturated carbocycles. The van der Waals surface area contributed by atoms with Crippen molar-refractivity contribution in [3.8, 4) is 28.5 Å². The maximum Gasteiger partial charge on any atom is 0.417 e. The van der Waals surface area contributed by atoms with Crippen LogP contribution in [0.15, 0.2) is 30.5 Å². The molecule has 3 aromatic rings. The van der Waals surface area contributed by atoms with Gasteiger partial charge in [0.05, 0.1) is 29.6 Å². The van der Waals surface area contributed by atoms with Gasteiger partial charge in [-0.25, -0.2) is 19.7 Å². The van der Waals surface area contributed by atoms with Gasteiger partial charge in [-0.1, -0.05) is 13.8 Å². The Morgan fingerprint density at radius 2 is 1.82 bits per heavy atom. The van der Waals surface area contributed by atoms with Crippen molar-refractivity contribution in [2.45, 2.75) is 84.3 Å². The van der Waals surface area contributed by atoms with Gasteiger partial charge in [0.25, 0.3) is 5.91 Å². The third kappa shape index (κ3) is 4.25. The Kier molecular flexibility index (Phi) is 6.53. The van der Waals surface area contributed by atoms with E-state index >= 15 is 0 Å². The molecule has 0 bridgehead atoms. The molecule has 2 aliphatic carbocycles. The first-order chi connectivity index (χ1) is 18.2. The van der Waals surface area contributed by atoms with Crippen LogP contribution in [0.5, 0.6) is 5.75 Å². The minimum absolute atomic E-state index is 0.254. The zero-order valence-electron chi connectivity index (χ0n) is 23.1. The number of carbonyl (C=O) groups is 2. The third-order valence-corrected chi connectivity index (χ3v) is 7.53. The number of amides is 2. The van der Waals surface area contributed by atoms with Crippen LogP contribution >= 0.6 is 0 Å². The van der Waals surface area contributed by atoms with E-state index in [0.717, 1.165) is 65.2 Å². The predicted octanol–water partition coefficient (Wildman–Crippen LogP) is 6.13. The first kappa shape index (κ1) is 25.9. The molecule has 38 heavy (non-hydrogen) atoms. The van der Waals surface area contributed by atoms with E-state index in [1.807, 2.05) is 65.1 Å². The van der Waals surface area contributed by atoms with Crippen LogP contribution in [0.1, 0.15) is 81.1 Å². The van der Waals surface area contributed by atoms with Gasteiger partial charge in [-0.2, -0.15) is 0 Å². The van der Waals surface area contributed by atoms with Crippen LogP contribution in [0.4, 0.5) is 4.79 Å². The number of benzene rings is 1. The number of nitrogens with zero attached hydrogens (tertiary/aromatic N) is 3. The smallest absolute Gasteiger partial charge is 0.417 e. The molecule has 8 nitrogen and oxygen atoms in total. The number of hydrogen-bond donors (Lipinski definition) is 1. The van der Waals surface area contributed by atoms with Crippen LogP contribution in [0.2, 0.25) is 0 Å². The highest BCUT2D eigenvalue weighted by Crippen LogP contribution is 2.48. The number of fused-ring (bicyclic) bond motifs is 5. The van der Waals surface area contributed by atoms with Crippen molar-refractivity contribution in [3.05, 3.63) is 52.8 Å². The number of carbonyl (C=O) groups excluding carboxylic acids is 2. The molecule has 2 amide bonds. The molecule has 6 rings (SSSR count). The molecule has 0 saturated heterocycles. The summed E-state index contributed by atoms with van der Waals surface area (Å²) < 4.78 is 10.9. The summed E-state index contributed by atoms with van der Waals surface area (Å²) in [6, 6.07) is 7.65. The summed E-state index contributed by atoms with van der Waals surface area (Å²) in [5.74, 6) is 1.14. The van der Waals surface area contributed by atoms with Gasteiger partial charge in [-0.3, -0.25) is 4.79 Å². The summed E-state index contributed by atoms with van der Waals surface area (Å²) in [6.45, 7) is 9.48. The van der Waals surface area contributed by atoms with Gasteiger partial charge in [0.15, 0.2) is 5.82 Å². The van der Waals surface area contributed by atoms with E-state index in [1.54, 1.807) is 7.11 Å². The fourth-order valence-corrected chi connectivity index (χ4v) is 5.69. The van der Waals surface area contributed by atoms with E-state index in [9.17, 15) is 9.59 Å². The lowest BCUT2D eigenvalue weighted by molar-refractivity contribution is -0.0214. The van der Waals surface area contributed by atoms with E-state index in [2.05, 4.69) is 9.97 Å². The molecule has 0 unspecified atom stereocenters. The normalized spacial score (nSPS) is 16.9. The van der Waals surface area contributed by atoms with Gasteiger partial charge in [0.1, 0.15) is 11.4 Å². The largest absolute Gasteiger partial charge is 0.497 e. The van der Waals surface area contributed by atoms with Crippen LogP contribution < -0.4 is 4.74 Å². The number of aromatic nitrogens is 3. The molecule has 0 radical (unpaired) electrons. The summed E-state index contributed by atoms with van der Waals surface area (Å²) in [5, 5.41) is 0. The Balaban J connectivity index is 0.00000144. The van der Waals surface area contributed by atoms with E-state index in [1.165, 1.54) is 4.90 Å². The van der Waals surface area contributed by atoms with E-state index < -0.39 is 17.2 Å². The van der Waals surface area contributed by atoms with Crippen molar-refractivity contribution >= 4 is 12.0 Å². The lowest BCUT2D eigenvalue weighted by atomic mass is 9.69. The average molecular weight is 517 g/mol. The SMILES string of the molecule is CC.COc1ccc(-c2ncc3c(n2)-c2[nH]c4c(c2CC3)C(=O)N(C(=O)OC(C)(C)C)C2(CCC2)C4)cc1. The van der Waals surface area contributed by atoms with Crippen LogP contribution in [-0.4, -0.2) is 50.1 Å². The topological polar surface area (TPSA) is 97.4 Å². The summed E-state index contributed by atoms with van der Waals surface area (Å²) in [4.78, 5) is 41.6. The fraction of sp³-hybridized carbons (Fsp3) is 0.467. The lowest BCUT2D eigenvalue weighted by Crippen LogP contribution is -2.63. The molecule has 1 fully saturated rings. The maximum atomic E-state index is 13.9. The highest BCUT2D eigenvalue weighted by Gasteiger charge is 2.54. The summed E-state index contributed by atoms with van der Waals surface area (Å²) in [5.41, 5.74) is 4.90.